The smallest absolute Gasteiger partial charge is 0.112 e. The molecule has 2 aromatic rings. The summed E-state index contributed by atoms with van der Waals surface area (Å²) in [6.07, 6.45) is 2.30. The predicted octanol–water partition coefficient (Wildman–Crippen LogP) is 1.57. The standard InChI is InChI=1S/C15H21N3O/c1-17-9-7-15(19,8-10-17)11-14-16-12-5-3-4-6-13(12)18(14)2/h3-6,19H,7-11H2,1-2H3. The van der Waals surface area contributed by atoms with Crippen molar-refractivity contribution in [2.45, 2.75) is 24.9 Å². The van der Waals surface area contributed by atoms with E-state index < -0.39 is 5.60 Å². The van der Waals surface area contributed by atoms with Crippen molar-refractivity contribution in [2.24, 2.45) is 7.05 Å². The van der Waals surface area contributed by atoms with E-state index in [1.165, 1.54) is 0 Å². The molecule has 0 saturated carbocycles. The Bertz CT molecular complexity index is 582. The lowest BCUT2D eigenvalue weighted by Gasteiger charge is -2.36. The first-order valence-corrected chi connectivity index (χ1v) is 6.89. The third-order valence-corrected chi connectivity index (χ3v) is 4.28. The summed E-state index contributed by atoms with van der Waals surface area (Å²) in [4.78, 5) is 6.93. The van der Waals surface area contributed by atoms with E-state index in [0.717, 1.165) is 42.8 Å². The highest BCUT2D eigenvalue weighted by atomic mass is 16.3. The van der Waals surface area contributed by atoms with E-state index in [0.29, 0.717) is 6.42 Å². The maximum absolute atomic E-state index is 10.7. The summed E-state index contributed by atoms with van der Waals surface area (Å²) in [6, 6.07) is 8.13. The molecule has 1 fully saturated rings. The largest absolute Gasteiger partial charge is 0.389 e. The molecule has 3 rings (SSSR count). The summed E-state index contributed by atoms with van der Waals surface area (Å²) in [6.45, 7) is 1.92. The van der Waals surface area contributed by atoms with E-state index in [4.69, 9.17) is 0 Å². The van der Waals surface area contributed by atoms with Crippen LogP contribution >= 0.6 is 0 Å². The number of nitrogens with zero attached hydrogens (tertiary/aromatic N) is 3. The van der Waals surface area contributed by atoms with Gasteiger partial charge < -0.3 is 14.6 Å². The Morgan fingerprint density at radius 1 is 1.21 bits per heavy atom. The number of fused-ring (bicyclic) bond motifs is 1. The van der Waals surface area contributed by atoms with Crippen LogP contribution in [-0.4, -0.2) is 45.3 Å². The average Bonchev–Trinajstić information content (AvgIpc) is 2.71. The number of benzene rings is 1. The molecule has 2 heterocycles. The Hall–Kier alpha value is -1.39. The second-order valence-corrected chi connectivity index (χ2v) is 5.78. The number of piperidine rings is 1. The molecular weight excluding hydrogens is 238 g/mol. The molecule has 0 bridgehead atoms. The number of aromatic nitrogens is 2. The fourth-order valence-corrected chi connectivity index (χ4v) is 2.86. The lowest BCUT2D eigenvalue weighted by Crippen LogP contribution is -2.44. The predicted molar refractivity (Wildman–Crippen MR) is 76.1 cm³/mol. The van der Waals surface area contributed by atoms with E-state index >= 15 is 0 Å². The third-order valence-electron chi connectivity index (χ3n) is 4.28. The molecule has 0 unspecified atom stereocenters. The molecule has 0 amide bonds. The zero-order valence-corrected chi connectivity index (χ0v) is 11.6. The molecule has 0 aliphatic carbocycles. The Morgan fingerprint density at radius 2 is 1.89 bits per heavy atom. The van der Waals surface area contributed by atoms with Gasteiger partial charge in [-0.1, -0.05) is 12.1 Å². The van der Waals surface area contributed by atoms with Crippen LogP contribution in [0.15, 0.2) is 24.3 Å². The average molecular weight is 259 g/mol. The zero-order valence-electron chi connectivity index (χ0n) is 11.6. The van der Waals surface area contributed by atoms with E-state index in [1.54, 1.807) is 0 Å². The van der Waals surface area contributed by atoms with Gasteiger partial charge in [-0.15, -0.1) is 0 Å². The van der Waals surface area contributed by atoms with Crippen LogP contribution in [0.25, 0.3) is 11.0 Å². The van der Waals surface area contributed by atoms with Crippen molar-refractivity contribution in [3.05, 3.63) is 30.1 Å². The number of aryl methyl sites for hydroxylation is 1. The molecule has 1 N–H and O–H groups in total. The quantitative estimate of drug-likeness (QED) is 0.890. The highest BCUT2D eigenvalue weighted by Crippen LogP contribution is 2.26. The van der Waals surface area contributed by atoms with Crippen LogP contribution < -0.4 is 0 Å². The molecular formula is C15H21N3O. The van der Waals surface area contributed by atoms with Gasteiger partial charge >= 0.3 is 0 Å². The number of para-hydroxylation sites is 2. The van der Waals surface area contributed by atoms with Crippen molar-refractivity contribution < 1.29 is 5.11 Å². The molecule has 1 aromatic carbocycles. The van der Waals surface area contributed by atoms with Gasteiger partial charge in [-0.2, -0.15) is 0 Å². The molecule has 19 heavy (non-hydrogen) atoms. The summed E-state index contributed by atoms with van der Waals surface area (Å²) >= 11 is 0. The molecule has 0 atom stereocenters. The van der Waals surface area contributed by atoms with Gasteiger partial charge in [0.1, 0.15) is 5.82 Å². The highest BCUT2D eigenvalue weighted by molar-refractivity contribution is 5.75. The summed E-state index contributed by atoms with van der Waals surface area (Å²) in [5.41, 5.74) is 1.55. The van der Waals surface area contributed by atoms with E-state index in [2.05, 4.69) is 27.6 Å². The van der Waals surface area contributed by atoms with Crippen molar-refractivity contribution in [1.82, 2.24) is 14.5 Å². The van der Waals surface area contributed by atoms with E-state index in [9.17, 15) is 5.11 Å². The molecule has 1 aromatic heterocycles. The minimum atomic E-state index is -0.596. The summed E-state index contributed by atoms with van der Waals surface area (Å²) in [7, 11) is 4.14. The van der Waals surface area contributed by atoms with Crippen molar-refractivity contribution in [3.63, 3.8) is 0 Å². The summed E-state index contributed by atoms with van der Waals surface area (Å²) < 4.78 is 2.10. The number of imidazole rings is 1. The number of hydrogen-bond acceptors (Lipinski definition) is 3. The Kier molecular flexibility index (Phi) is 3.07. The first-order chi connectivity index (χ1) is 9.07. The second-order valence-electron chi connectivity index (χ2n) is 5.78. The SMILES string of the molecule is CN1CCC(O)(Cc2nc3ccccc3n2C)CC1. The van der Waals surface area contributed by atoms with Crippen LogP contribution in [0.1, 0.15) is 18.7 Å². The topological polar surface area (TPSA) is 41.3 Å². The minimum absolute atomic E-state index is 0.596. The van der Waals surface area contributed by atoms with Gasteiger partial charge in [0.05, 0.1) is 16.6 Å². The fourth-order valence-electron chi connectivity index (χ4n) is 2.86. The van der Waals surface area contributed by atoms with Crippen LogP contribution in [0.3, 0.4) is 0 Å². The Morgan fingerprint density at radius 3 is 2.58 bits per heavy atom. The third kappa shape index (κ3) is 2.38. The molecule has 0 radical (unpaired) electrons. The Balaban J connectivity index is 1.87. The van der Waals surface area contributed by atoms with Crippen LogP contribution in [0.4, 0.5) is 0 Å². The summed E-state index contributed by atoms with van der Waals surface area (Å²) in [5, 5.41) is 10.7. The molecule has 1 aliphatic heterocycles. The molecule has 102 valence electrons. The van der Waals surface area contributed by atoms with Gasteiger partial charge in [0.25, 0.3) is 0 Å². The molecule has 4 heteroatoms. The van der Waals surface area contributed by atoms with Crippen LogP contribution in [-0.2, 0) is 13.5 Å². The highest BCUT2D eigenvalue weighted by Gasteiger charge is 2.32. The normalized spacial score (nSPS) is 19.9. The minimum Gasteiger partial charge on any atom is -0.389 e. The second kappa shape index (κ2) is 4.62. The van der Waals surface area contributed by atoms with Crippen LogP contribution in [0.5, 0.6) is 0 Å². The van der Waals surface area contributed by atoms with Gasteiger partial charge in [-0.05, 0) is 32.0 Å². The van der Waals surface area contributed by atoms with E-state index in [1.807, 2.05) is 25.2 Å². The Labute approximate surface area is 113 Å². The van der Waals surface area contributed by atoms with Crippen molar-refractivity contribution in [3.8, 4) is 0 Å². The maximum atomic E-state index is 10.7. The molecule has 1 aliphatic rings. The van der Waals surface area contributed by atoms with Gasteiger partial charge in [0, 0.05) is 26.6 Å². The van der Waals surface area contributed by atoms with Gasteiger partial charge in [-0.3, -0.25) is 0 Å². The molecule has 1 saturated heterocycles. The van der Waals surface area contributed by atoms with Gasteiger partial charge in [0.15, 0.2) is 0 Å². The molecule has 4 nitrogen and oxygen atoms in total. The maximum Gasteiger partial charge on any atom is 0.112 e. The number of hydrogen-bond donors (Lipinski definition) is 1. The summed E-state index contributed by atoms with van der Waals surface area (Å²) in [5.74, 6) is 0.980. The zero-order chi connectivity index (χ0) is 13.5. The van der Waals surface area contributed by atoms with Crippen LogP contribution in [0.2, 0.25) is 0 Å². The van der Waals surface area contributed by atoms with Crippen molar-refractivity contribution in [1.29, 1.82) is 0 Å². The number of aliphatic hydroxyl groups is 1. The first-order valence-electron chi connectivity index (χ1n) is 6.89. The molecule has 0 spiro atoms. The van der Waals surface area contributed by atoms with Crippen LogP contribution in [0, 0.1) is 0 Å². The number of likely N-dealkylation sites (tertiary alicyclic amines) is 1. The lowest BCUT2D eigenvalue weighted by atomic mass is 9.88. The van der Waals surface area contributed by atoms with Crippen molar-refractivity contribution >= 4 is 11.0 Å². The van der Waals surface area contributed by atoms with Crippen molar-refractivity contribution in [2.75, 3.05) is 20.1 Å². The van der Waals surface area contributed by atoms with E-state index in [-0.39, 0.29) is 0 Å². The first kappa shape index (κ1) is 12.6. The lowest BCUT2D eigenvalue weighted by molar-refractivity contribution is -0.0168. The van der Waals surface area contributed by atoms with Gasteiger partial charge in [-0.25, -0.2) is 4.98 Å². The van der Waals surface area contributed by atoms with Gasteiger partial charge in [0.2, 0.25) is 0 Å². The fraction of sp³-hybridized carbons (Fsp3) is 0.533. The number of rotatable bonds is 2. The monoisotopic (exact) mass is 259 g/mol.